The largest absolute Gasteiger partial charge is 0.466 e. The van der Waals surface area contributed by atoms with Gasteiger partial charge in [-0.3, -0.25) is 4.79 Å². The van der Waals surface area contributed by atoms with E-state index in [1.54, 1.807) is 6.08 Å². The minimum atomic E-state index is -2.58. The van der Waals surface area contributed by atoms with Crippen LogP contribution >= 0.6 is 0 Å². The van der Waals surface area contributed by atoms with E-state index in [-0.39, 0.29) is 30.6 Å². The fourth-order valence-corrected chi connectivity index (χ4v) is 3.52. The number of aryl methyl sites for hydroxylation is 1. The summed E-state index contributed by atoms with van der Waals surface area (Å²) in [5.41, 5.74) is 4.29. The van der Waals surface area contributed by atoms with Gasteiger partial charge in [-0.1, -0.05) is 24.3 Å². The van der Waals surface area contributed by atoms with Gasteiger partial charge in [-0.2, -0.15) is 0 Å². The summed E-state index contributed by atoms with van der Waals surface area (Å²) in [5.74, 6) is -2.65. The van der Waals surface area contributed by atoms with Gasteiger partial charge in [0.05, 0.1) is 12.5 Å². The molecular weight excluding hydrogens is 298 g/mol. The molecule has 0 N–H and O–H groups in total. The number of ether oxygens (including phenoxy) is 1. The first-order chi connectivity index (χ1) is 10.9. The summed E-state index contributed by atoms with van der Waals surface area (Å²) in [6.07, 6.45) is 2.56. The van der Waals surface area contributed by atoms with Gasteiger partial charge in [-0.05, 0) is 54.9 Å². The van der Waals surface area contributed by atoms with Crippen LogP contribution < -0.4 is 0 Å². The minimum absolute atomic E-state index is 0.0829. The van der Waals surface area contributed by atoms with Gasteiger partial charge in [0.25, 0.3) is 5.92 Å². The molecule has 0 spiro atoms. The monoisotopic (exact) mass is 320 g/mol. The topological polar surface area (TPSA) is 26.3 Å². The minimum Gasteiger partial charge on any atom is -0.466 e. The molecule has 0 saturated heterocycles. The number of allylic oxidation sites excluding steroid dienone is 2. The first-order valence-corrected chi connectivity index (χ1v) is 8.26. The maximum absolute atomic E-state index is 13.4. The van der Waals surface area contributed by atoms with E-state index < -0.39 is 5.92 Å². The molecule has 2 atom stereocenters. The van der Waals surface area contributed by atoms with Crippen LogP contribution in [0.2, 0.25) is 0 Å². The van der Waals surface area contributed by atoms with Crippen LogP contribution in [0.5, 0.6) is 0 Å². The van der Waals surface area contributed by atoms with Gasteiger partial charge in [0.2, 0.25) is 0 Å². The number of rotatable bonds is 4. The second kappa shape index (κ2) is 6.06. The van der Waals surface area contributed by atoms with Crippen molar-refractivity contribution in [1.29, 1.82) is 0 Å². The number of alkyl halides is 2. The van der Waals surface area contributed by atoms with E-state index in [0.717, 1.165) is 28.7 Å². The maximum Gasteiger partial charge on any atom is 0.309 e. The maximum atomic E-state index is 13.4. The number of esters is 1. The summed E-state index contributed by atoms with van der Waals surface area (Å²) in [6.45, 7) is 4.22. The second-order valence-corrected chi connectivity index (χ2v) is 6.53. The van der Waals surface area contributed by atoms with Crippen molar-refractivity contribution in [2.45, 2.75) is 51.4 Å². The highest BCUT2D eigenvalue weighted by Gasteiger charge is 2.47. The Balaban J connectivity index is 1.88. The molecule has 3 rings (SSSR count). The summed E-state index contributed by atoms with van der Waals surface area (Å²) >= 11 is 0. The normalized spacial score (nSPS) is 25.7. The van der Waals surface area contributed by atoms with Crippen LogP contribution in [0.15, 0.2) is 24.3 Å². The van der Waals surface area contributed by atoms with E-state index in [1.165, 1.54) is 0 Å². The van der Waals surface area contributed by atoms with Gasteiger partial charge in [-0.15, -0.1) is 0 Å². The third-order valence-electron chi connectivity index (χ3n) is 4.83. The lowest BCUT2D eigenvalue weighted by Crippen LogP contribution is -2.18. The third kappa shape index (κ3) is 3.31. The van der Waals surface area contributed by atoms with E-state index >= 15 is 0 Å². The van der Waals surface area contributed by atoms with Gasteiger partial charge < -0.3 is 4.74 Å². The Bertz CT molecular complexity index is 649. The van der Waals surface area contributed by atoms with Crippen molar-refractivity contribution in [2.24, 2.45) is 5.92 Å². The van der Waals surface area contributed by atoms with Gasteiger partial charge in [0.1, 0.15) is 0 Å². The van der Waals surface area contributed by atoms with Crippen molar-refractivity contribution in [3.8, 4) is 0 Å². The smallest absolute Gasteiger partial charge is 0.309 e. The van der Waals surface area contributed by atoms with E-state index in [1.807, 2.05) is 32.0 Å². The van der Waals surface area contributed by atoms with Crippen LogP contribution in [0.1, 0.15) is 55.2 Å². The SMILES string of the molecule is CCOC(=O)C1CC1c1c(C)cccc1C1=CCC(F)(F)CC1. The molecule has 2 unspecified atom stereocenters. The molecule has 0 aromatic heterocycles. The molecule has 23 heavy (non-hydrogen) atoms. The van der Waals surface area contributed by atoms with Gasteiger partial charge in [-0.25, -0.2) is 8.78 Å². The lowest BCUT2D eigenvalue weighted by molar-refractivity contribution is -0.144. The number of hydrogen-bond acceptors (Lipinski definition) is 2. The van der Waals surface area contributed by atoms with Crippen LogP contribution in [0.4, 0.5) is 8.78 Å². The predicted octanol–water partition coefficient (Wildman–Crippen LogP) is 4.86. The summed E-state index contributed by atoms with van der Waals surface area (Å²) < 4.78 is 31.9. The highest BCUT2D eigenvalue weighted by molar-refractivity contribution is 5.79. The molecule has 2 aliphatic carbocycles. The Morgan fingerprint density at radius 2 is 2.17 bits per heavy atom. The summed E-state index contributed by atoms with van der Waals surface area (Å²) in [7, 11) is 0. The fraction of sp³-hybridized carbons (Fsp3) is 0.526. The molecule has 0 aliphatic heterocycles. The van der Waals surface area contributed by atoms with Crippen LogP contribution in [-0.2, 0) is 9.53 Å². The van der Waals surface area contributed by atoms with Crippen molar-refractivity contribution in [2.75, 3.05) is 6.61 Å². The Morgan fingerprint density at radius 3 is 2.83 bits per heavy atom. The van der Waals surface area contributed by atoms with E-state index in [2.05, 4.69) is 0 Å². The Kier molecular flexibility index (Phi) is 4.26. The van der Waals surface area contributed by atoms with Crippen molar-refractivity contribution in [3.05, 3.63) is 41.0 Å². The zero-order valence-electron chi connectivity index (χ0n) is 13.6. The van der Waals surface area contributed by atoms with Crippen LogP contribution in [0, 0.1) is 12.8 Å². The standard InChI is InChI=1S/C19H22F2O2/c1-3-23-18(22)16-11-15(16)17-12(2)5-4-6-14(17)13-7-9-19(20,21)10-8-13/h4-7,15-16H,3,8-11H2,1-2H3. The third-order valence-corrected chi connectivity index (χ3v) is 4.83. The van der Waals surface area contributed by atoms with E-state index in [4.69, 9.17) is 4.74 Å². The zero-order chi connectivity index (χ0) is 16.6. The first-order valence-electron chi connectivity index (χ1n) is 8.26. The Labute approximate surface area is 135 Å². The number of carbonyl (C=O) groups is 1. The first kappa shape index (κ1) is 16.2. The summed E-state index contributed by atoms with van der Waals surface area (Å²) in [5, 5.41) is 0. The number of benzene rings is 1. The molecule has 0 radical (unpaired) electrons. The molecule has 0 bridgehead atoms. The van der Waals surface area contributed by atoms with Gasteiger partial charge >= 0.3 is 5.97 Å². The Hall–Kier alpha value is -1.71. The van der Waals surface area contributed by atoms with Crippen LogP contribution in [0.25, 0.3) is 5.57 Å². The number of hydrogen-bond donors (Lipinski definition) is 0. The molecule has 2 nitrogen and oxygen atoms in total. The average Bonchev–Trinajstić information content (AvgIpc) is 3.27. The highest BCUT2D eigenvalue weighted by Crippen LogP contribution is 2.52. The molecule has 0 heterocycles. The van der Waals surface area contributed by atoms with Crippen molar-refractivity contribution < 1.29 is 18.3 Å². The van der Waals surface area contributed by atoms with Crippen LogP contribution in [-0.4, -0.2) is 18.5 Å². The number of carbonyl (C=O) groups excluding carboxylic acids is 1. The predicted molar refractivity (Wildman–Crippen MR) is 85.4 cm³/mol. The molecule has 124 valence electrons. The van der Waals surface area contributed by atoms with Crippen molar-refractivity contribution in [1.82, 2.24) is 0 Å². The molecule has 1 aromatic rings. The molecule has 2 aliphatic rings. The Morgan fingerprint density at radius 1 is 1.39 bits per heavy atom. The molecule has 1 fully saturated rings. The van der Waals surface area contributed by atoms with Gasteiger partial charge in [0, 0.05) is 12.8 Å². The quantitative estimate of drug-likeness (QED) is 0.740. The fourth-order valence-electron chi connectivity index (χ4n) is 3.52. The van der Waals surface area contributed by atoms with Gasteiger partial charge in [0.15, 0.2) is 0 Å². The summed E-state index contributed by atoms with van der Waals surface area (Å²) in [6, 6.07) is 5.99. The molecular formula is C19H22F2O2. The zero-order valence-corrected chi connectivity index (χ0v) is 13.6. The average molecular weight is 320 g/mol. The lowest BCUT2D eigenvalue weighted by atomic mass is 9.86. The second-order valence-electron chi connectivity index (χ2n) is 6.53. The van der Waals surface area contributed by atoms with Crippen LogP contribution in [0.3, 0.4) is 0 Å². The molecule has 1 saturated carbocycles. The van der Waals surface area contributed by atoms with Crippen molar-refractivity contribution >= 4 is 11.5 Å². The van der Waals surface area contributed by atoms with E-state index in [9.17, 15) is 13.6 Å². The van der Waals surface area contributed by atoms with E-state index in [0.29, 0.717) is 13.0 Å². The molecule has 4 heteroatoms. The lowest BCUT2D eigenvalue weighted by Gasteiger charge is -2.23. The number of halogens is 2. The molecule has 1 aromatic carbocycles. The highest BCUT2D eigenvalue weighted by atomic mass is 19.3. The van der Waals surface area contributed by atoms with Crippen molar-refractivity contribution in [3.63, 3.8) is 0 Å². The molecule has 0 amide bonds. The summed E-state index contributed by atoms with van der Waals surface area (Å²) in [4.78, 5) is 11.9.